The molecule has 0 spiro atoms. The third kappa shape index (κ3) is 3.24. The molecule has 0 amide bonds. The summed E-state index contributed by atoms with van der Waals surface area (Å²) in [7, 11) is 0. The molecular weight excluding hydrogens is 384 g/mol. The molecule has 0 aliphatic heterocycles. The van der Waals surface area contributed by atoms with Crippen molar-refractivity contribution in [1.82, 2.24) is 20.2 Å². The first kappa shape index (κ1) is 16.1. The van der Waals surface area contributed by atoms with E-state index in [4.69, 9.17) is 4.74 Å². The summed E-state index contributed by atoms with van der Waals surface area (Å²) >= 11 is 3.46. The molecule has 1 saturated carbocycles. The Bertz CT molecular complexity index is 975. The summed E-state index contributed by atoms with van der Waals surface area (Å²) in [6.07, 6.45) is 2.34. The number of aromatic nitrogens is 4. The summed E-state index contributed by atoms with van der Waals surface area (Å²) in [6.45, 7) is 2.39. The van der Waals surface area contributed by atoms with Crippen LogP contribution in [0.2, 0.25) is 0 Å². The highest BCUT2D eigenvalue weighted by Crippen LogP contribution is 2.43. The fourth-order valence-electron chi connectivity index (χ4n) is 3.00. The Balaban J connectivity index is 1.72. The molecule has 0 bridgehead atoms. The minimum atomic E-state index is -0.353. The number of H-pyrrole nitrogens is 1. The molecule has 1 aliphatic carbocycles. The molecule has 0 unspecified atom stereocenters. The first-order chi connectivity index (χ1) is 12.1. The normalized spacial score (nSPS) is 13.8. The van der Waals surface area contributed by atoms with Crippen LogP contribution in [0.1, 0.15) is 35.4 Å². The Morgan fingerprint density at radius 1 is 1.32 bits per heavy atom. The third-order valence-corrected chi connectivity index (χ3v) is 4.91. The van der Waals surface area contributed by atoms with Gasteiger partial charge in [0, 0.05) is 10.0 Å². The Morgan fingerprint density at radius 3 is 2.84 bits per heavy atom. The van der Waals surface area contributed by atoms with Gasteiger partial charge in [-0.3, -0.25) is 0 Å². The molecule has 25 heavy (non-hydrogen) atoms. The number of rotatable bonds is 5. The summed E-state index contributed by atoms with van der Waals surface area (Å²) in [5, 5.41) is 9.84. The average Bonchev–Trinajstić information content (AvgIpc) is 3.35. The molecule has 2 aromatic carbocycles. The van der Waals surface area contributed by atoms with Gasteiger partial charge < -0.3 is 4.74 Å². The lowest BCUT2D eigenvalue weighted by Crippen LogP contribution is -2.19. The second kappa shape index (κ2) is 6.48. The van der Waals surface area contributed by atoms with E-state index in [1.807, 2.05) is 37.3 Å². The second-order valence-corrected chi connectivity index (χ2v) is 7.15. The predicted octanol–water partition coefficient (Wildman–Crippen LogP) is 3.48. The van der Waals surface area contributed by atoms with E-state index in [9.17, 15) is 4.79 Å². The van der Waals surface area contributed by atoms with E-state index in [-0.39, 0.29) is 5.69 Å². The van der Waals surface area contributed by atoms with E-state index in [1.54, 1.807) is 0 Å². The highest BCUT2D eigenvalue weighted by Gasteiger charge is 2.28. The molecule has 0 atom stereocenters. The first-order valence-electron chi connectivity index (χ1n) is 8.15. The van der Waals surface area contributed by atoms with Crippen LogP contribution in [0.5, 0.6) is 5.75 Å². The highest BCUT2D eigenvalue weighted by atomic mass is 79.9. The Labute approximate surface area is 152 Å². The standard InChI is InChI=1S/C18H17BrN4O2/c1-11-9-13(19)7-8-17(11)25-10-15-14(12-5-6-12)3-2-4-16(15)23-18(24)20-21-22-23/h2-4,7-9,12H,5-6,10H2,1H3,(H,20,22,24). The van der Waals surface area contributed by atoms with Crippen molar-refractivity contribution in [2.75, 3.05) is 0 Å². The molecule has 1 fully saturated rings. The molecule has 7 heteroatoms. The zero-order valence-corrected chi connectivity index (χ0v) is 15.3. The van der Waals surface area contributed by atoms with Gasteiger partial charge in [0.1, 0.15) is 12.4 Å². The Morgan fingerprint density at radius 2 is 2.16 bits per heavy atom. The molecule has 1 heterocycles. The van der Waals surface area contributed by atoms with Crippen molar-refractivity contribution in [2.45, 2.75) is 32.3 Å². The molecule has 128 valence electrons. The van der Waals surface area contributed by atoms with Crippen LogP contribution in [0.15, 0.2) is 45.7 Å². The van der Waals surface area contributed by atoms with Crippen molar-refractivity contribution < 1.29 is 4.74 Å². The Kier molecular flexibility index (Phi) is 4.17. The minimum Gasteiger partial charge on any atom is -0.489 e. The number of hydrogen-bond donors (Lipinski definition) is 1. The lowest BCUT2D eigenvalue weighted by Gasteiger charge is -2.16. The number of aromatic amines is 1. The number of nitrogens with zero attached hydrogens (tertiary/aromatic N) is 3. The van der Waals surface area contributed by atoms with Gasteiger partial charge in [0.25, 0.3) is 0 Å². The van der Waals surface area contributed by atoms with E-state index in [1.165, 1.54) is 23.1 Å². The van der Waals surface area contributed by atoms with Gasteiger partial charge in [-0.2, -0.15) is 4.68 Å². The molecule has 6 nitrogen and oxygen atoms in total. The van der Waals surface area contributed by atoms with Crippen molar-refractivity contribution >= 4 is 15.9 Å². The number of halogens is 1. The van der Waals surface area contributed by atoms with E-state index >= 15 is 0 Å². The van der Waals surface area contributed by atoms with E-state index in [0.29, 0.717) is 12.5 Å². The topological polar surface area (TPSA) is 72.8 Å². The van der Waals surface area contributed by atoms with E-state index in [2.05, 4.69) is 37.5 Å². The fourth-order valence-corrected chi connectivity index (χ4v) is 3.48. The van der Waals surface area contributed by atoms with Gasteiger partial charge in [0.05, 0.1) is 5.69 Å². The van der Waals surface area contributed by atoms with Crippen LogP contribution in [0.3, 0.4) is 0 Å². The van der Waals surface area contributed by atoms with Crippen molar-refractivity contribution in [3.8, 4) is 11.4 Å². The van der Waals surface area contributed by atoms with Gasteiger partial charge in [0.2, 0.25) is 0 Å². The number of nitrogens with one attached hydrogen (secondary N) is 1. The van der Waals surface area contributed by atoms with Crippen LogP contribution >= 0.6 is 15.9 Å². The zero-order chi connectivity index (χ0) is 17.4. The van der Waals surface area contributed by atoms with Gasteiger partial charge >= 0.3 is 5.69 Å². The summed E-state index contributed by atoms with van der Waals surface area (Å²) in [6, 6.07) is 11.9. The van der Waals surface area contributed by atoms with Crippen LogP contribution in [0.25, 0.3) is 5.69 Å². The van der Waals surface area contributed by atoms with Gasteiger partial charge in [0.15, 0.2) is 0 Å². The largest absolute Gasteiger partial charge is 0.489 e. The molecule has 1 N–H and O–H groups in total. The molecule has 3 aromatic rings. The van der Waals surface area contributed by atoms with Crippen LogP contribution < -0.4 is 10.4 Å². The smallest absolute Gasteiger partial charge is 0.365 e. The maximum atomic E-state index is 12.0. The van der Waals surface area contributed by atoms with Crippen molar-refractivity contribution in [3.05, 3.63) is 68.0 Å². The number of aryl methyl sites for hydroxylation is 1. The zero-order valence-electron chi connectivity index (χ0n) is 13.7. The molecule has 0 radical (unpaired) electrons. The fraction of sp³-hybridized carbons (Fsp3) is 0.278. The number of hydrogen-bond acceptors (Lipinski definition) is 4. The first-order valence-corrected chi connectivity index (χ1v) is 8.94. The quantitative estimate of drug-likeness (QED) is 0.711. The van der Waals surface area contributed by atoms with Gasteiger partial charge in [-0.15, -0.1) is 0 Å². The van der Waals surface area contributed by atoms with Crippen LogP contribution in [0, 0.1) is 6.92 Å². The maximum Gasteiger partial charge on any atom is 0.365 e. The maximum absolute atomic E-state index is 12.0. The van der Waals surface area contributed by atoms with Crippen LogP contribution in [0.4, 0.5) is 0 Å². The van der Waals surface area contributed by atoms with Crippen LogP contribution in [-0.2, 0) is 6.61 Å². The van der Waals surface area contributed by atoms with Crippen molar-refractivity contribution in [2.24, 2.45) is 0 Å². The van der Waals surface area contributed by atoms with Gasteiger partial charge in [-0.05, 0) is 71.5 Å². The molecule has 0 saturated heterocycles. The number of tetrazole rings is 1. The molecule has 1 aliphatic rings. The molecule has 1 aromatic heterocycles. The van der Waals surface area contributed by atoms with Gasteiger partial charge in [-0.1, -0.05) is 28.1 Å². The predicted molar refractivity (Wildman–Crippen MR) is 97.2 cm³/mol. The second-order valence-electron chi connectivity index (χ2n) is 6.24. The monoisotopic (exact) mass is 400 g/mol. The summed E-state index contributed by atoms with van der Waals surface area (Å²) in [5.41, 5.74) is 3.64. The highest BCUT2D eigenvalue weighted by molar-refractivity contribution is 9.10. The van der Waals surface area contributed by atoms with Crippen molar-refractivity contribution in [3.63, 3.8) is 0 Å². The lowest BCUT2D eigenvalue weighted by atomic mass is 10.0. The Hall–Kier alpha value is -2.41. The lowest BCUT2D eigenvalue weighted by molar-refractivity contribution is 0.302. The minimum absolute atomic E-state index is 0.353. The van der Waals surface area contributed by atoms with E-state index in [0.717, 1.165) is 27.0 Å². The van der Waals surface area contributed by atoms with Crippen molar-refractivity contribution in [1.29, 1.82) is 0 Å². The van der Waals surface area contributed by atoms with Gasteiger partial charge in [-0.25, -0.2) is 9.89 Å². The summed E-state index contributed by atoms with van der Waals surface area (Å²) in [5.74, 6) is 1.36. The van der Waals surface area contributed by atoms with E-state index < -0.39 is 0 Å². The number of benzene rings is 2. The number of ether oxygens (including phenoxy) is 1. The SMILES string of the molecule is Cc1cc(Br)ccc1OCc1c(C2CC2)cccc1-n1nn[nH]c1=O. The third-order valence-electron chi connectivity index (χ3n) is 4.41. The molecular formula is C18H17BrN4O2. The molecule has 4 rings (SSSR count). The van der Waals surface area contributed by atoms with Crippen LogP contribution in [-0.4, -0.2) is 20.2 Å². The summed E-state index contributed by atoms with van der Waals surface area (Å²) in [4.78, 5) is 12.0. The summed E-state index contributed by atoms with van der Waals surface area (Å²) < 4.78 is 8.39. The average molecular weight is 401 g/mol.